The van der Waals surface area contributed by atoms with Crippen LogP contribution in [0.2, 0.25) is 0 Å². The van der Waals surface area contributed by atoms with E-state index in [1.165, 1.54) is 6.07 Å². The summed E-state index contributed by atoms with van der Waals surface area (Å²) in [6, 6.07) is 5.35. The first-order chi connectivity index (χ1) is 10.0. The lowest BCUT2D eigenvalue weighted by molar-refractivity contribution is 0.191. The molecule has 1 aliphatic heterocycles. The minimum absolute atomic E-state index is 0.146. The Kier molecular flexibility index (Phi) is 5.56. The number of nitrogens with zero attached hydrogens (tertiary/aromatic N) is 2. The highest BCUT2D eigenvalue weighted by Gasteiger charge is 2.33. The van der Waals surface area contributed by atoms with Crippen LogP contribution in [-0.2, 0) is 6.54 Å². The third kappa shape index (κ3) is 3.93. The molecule has 1 aromatic carbocycles. The van der Waals surface area contributed by atoms with Crippen molar-refractivity contribution in [2.24, 2.45) is 0 Å². The van der Waals surface area contributed by atoms with Crippen LogP contribution in [0.3, 0.4) is 0 Å². The molecule has 21 heavy (non-hydrogen) atoms. The van der Waals surface area contributed by atoms with Gasteiger partial charge in [0.25, 0.3) is 0 Å². The fraction of sp³-hybridized carbons (Fsp3) is 0.625. The molecule has 2 N–H and O–H groups in total. The van der Waals surface area contributed by atoms with Gasteiger partial charge in [0.15, 0.2) is 0 Å². The van der Waals surface area contributed by atoms with Crippen molar-refractivity contribution >= 4 is 5.69 Å². The van der Waals surface area contributed by atoms with E-state index in [1.54, 1.807) is 6.07 Å². The van der Waals surface area contributed by atoms with E-state index in [4.69, 9.17) is 0 Å². The van der Waals surface area contributed by atoms with E-state index in [2.05, 4.69) is 10.2 Å². The Balaban J connectivity index is 2.29. The molecule has 0 spiro atoms. The number of para-hydroxylation sites is 1. The highest BCUT2D eigenvalue weighted by Crippen LogP contribution is 2.31. The molecule has 0 amide bonds. The maximum atomic E-state index is 14.4. The Bertz CT molecular complexity index is 467. The first-order valence-electron chi connectivity index (χ1n) is 7.60. The van der Waals surface area contributed by atoms with Crippen molar-refractivity contribution in [1.29, 1.82) is 0 Å². The molecule has 1 aliphatic rings. The number of nitrogens with one attached hydrogen (secondary N) is 1. The van der Waals surface area contributed by atoms with Gasteiger partial charge >= 0.3 is 0 Å². The zero-order chi connectivity index (χ0) is 15.4. The smallest absolute Gasteiger partial charge is 0.146 e. The maximum absolute atomic E-state index is 14.4. The van der Waals surface area contributed by atoms with E-state index >= 15 is 0 Å². The Morgan fingerprint density at radius 3 is 2.86 bits per heavy atom. The Morgan fingerprint density at radius 2 is 2.19 bits per heavy atom. The molecule has 0 bridgehead atoms. The topological polar surface area (TPSA) is 38.7 Å². The summed E-state index contributed by atoms with van der Waals surface area (Å²) in [5.74, 6) is -0.205. The molecule has 0 aromatic heterocycles. The summed E-state index contributed by atoms with van der Waals surface area (Å²) < 4.78 is 14.4. The van der Waals surface area contributed by atoms with Gasteiger partial charge in [-0.25, -0.2) is 4.39 Å². The van der Waals surface area contributed by atoms with Gasteiger partial charge in [-0.2, -0.15) is 0 Å². The fourth-order valence-electron chi connectivity index (χ4n) is 3.04. The van der Waals surface area contributed by atoms with Crippen molar-refractivity contribution in [3.05, 3.63) is 29.6 Å². The summed E-state index contributed by atoms with van der Waals surface area (Å²) in [6.07, 6.45) is 0.300. The summed E-state index contributed by atoms with van der Waals surface area (Å²) in [4.78, 5) is 4.12. The second-order valence-corrected chi connectivity index (χ2v) is 5.99. The quantitative estimate of drug-likeness (QED) is 0.833. The molecule has 2 rings (SSSR count). The largest absolute Gasteiger partial charge is 0.391 e. The molecule has 2 atom stereocenters. The average molecular weight is 295 g/mol. The van der Waals surface area contributed by atoms with Crippen molar-refractivity contribution in [2.45, 2.75) is 32.0 Å². The maximum Gasteiger partial charge on any atom is 0.146 e. The number of aliphatic hydroxyl groups excluding tert-OH is 1. The van der Waals surface area contributed by atoms with E-state index in [1.807, 2.05) is 32.0 Å². The van der Waals surface area contributed by atoms with E-state index in [-0.39, 0.29) is 18.0 Å². The van der Waals surface area contributed by atoms with Gasteiger partial charge in [0.2, 0.25) is 0 Å². The van der Waals surface area contributed by atoms with Gasteiger partial charge in [0.1, 0.15) is 5.82 Å². The lowest BCUT2D eigenvalue weighted by Crippen LogP contribution is -2.38. The standard InChI is InChI=1S/C16H26FN3O/c1-4-18-9-12-6-5-7-15(17)16(12)20-11-14(21)8-13(20)10-19(2)3/h5-7,13-14,18,21H,4,8-11H2,1-3H3. The fourth-order valence-corrected chi connectivity index (χ4v) is 3.04. The molecule has 4 nitrogen and oxygen atoms in total. The third-order valence-corrected chi connectivity index (χ3v) is 3.89. The van der Waals surface area contributed by atoms with Crippen molar-refractivity contribution in [2.75, 3.05) is 38.6 Å². The molecule has 2 unspecified atom stereocenters. The van der Waals surface area contributed by atoms with E-state index in [0.717, 1.165) is 18.7 Å². The van der Waals surface area contributed by atoms with Crippen LogP contribution < -0.4 is 10.2 Å². The molecular formula is C16H26FN3O. The van der Waals surface area contributed by atoms with Crippen LogP contribution in [0.15, 0.2) is 18.2 Å². The van der Waals surface area contributed by atoms with Gasteiger partial charge in [-0.3, -0.25) is 0 Å². The minimum atomic E-state index is -0.387. The summed E-state index contributed by atoms with van der Waals surface area (Å²) in [7, 11) is 4.01. The lowest BCUT2D eigenvalue weighted by atomic mass is 10.1. The van der Waals surface area contributed by atoms with Crippen LogP contribution in [0, 0.1) is 5.82 Å². The Hall–Kier alpha value is -1.17. The zero-order valence-corrected chi connectivity index (χ0v) is 13.1. The zero-order valence-electron chi connectivity index (χ0n) is 13.1. The second kappa shape index (κ2) is 7.20. The molecule has 118 valence electrons. The first-order valence-corrected chi connectivity index (χ1v) is 7.60. The predicted octanol–water partition coefficient (Wildman–Crippen LogP) is 1.44. The number of aliphatic hydroxyl groups is 1. The van der Waals surface area contributed by atoms with E-state index in [0.29, 0.717) is 25.2 Å². The van der Waals surface area contributed by atoms with Crippen LogP contribution in [0.1, 0.15) is 18.9 Å². The number of benzene rings is 1. The molecule has 0 radical (unpaired) electrons. The highest BCUT2D eigenvalue weighted by atomic mass is 19.1. The Labute approximate surface area is 126 Å². The number of anilines is 1. The number of hydrogen-bond acceptors (Lipinski definition) is 4. The molecule has 1 saturated heterocycles. The molecule has 1 aromatic rings. The SMILES string of the molecule is CCNCc1cccc(F)c1N1CC(O)CC1CN(C)C. The van der Waals surface area contributed by atoms with Crippen LogP contribution in [0.4, 0.5) is 10.1 Å². The number of likely N-dealkylation sites (N-methyl/N-ethyl adjacent to an activating group) is 1. The molecule has 1 fully saturated rings. The van der Waals surface area contributed by atoms with Gasteiger partial charge in [0, 0.05) is 25.7 Å². The normalized spacial score (nSPS) is 22.3. The second-order valence-electron chi connectivity index (χ2n) is 5.99. The van der Waals surface area contributed by atoms with Crippen LogP contribution in [-0.4, -0.2) is 55.9 Å². The first kappa shape index (κ1) is 16.2. The predicted molar refractivity (Wildman–Crippen MR) is 84.1 cm³/mol. The molecule has 5 heteroatoms. The number of hydrogen-bond donors (Lipinski definition) is 2. The highest BCUT2D eigenvalue weighted by molar-refractivity contribution is 5.57. The summed E-state index contributed by atoms with van der Waals surface area (Å²) in [5.41, 5.74) is 1.59. The van der Waals surface area contributed by atoms with Crippen LogP contribution in [0.5, 0.6) is 0 Å². The van der Waals surface area contributed by atoms with Crippen molar-refractivity contribution in [1.82, 2.24) is 10.2 Å². The van der Waals surface area contributed by atoms with Crippen molar-refractivity contribution in [3.8, 4) is 0 Å². The summed E-state index contributed by atoms with van der Waals surface area (Å²) in [5, 5.41) is 13.3. The molecular weight excluding hydrogens is 269 g/mol. The number of halogens is 1. The third-order valence-electron chi connectivity index (χ3n) is 3.89. The number of rotatable bonds is 6. The lowest BCUT2D eigenvalue weighted by Gasteiger charge is -2.30. The summed E-state index contributed by atoms with van der Waals surface area (Å²) in [6.45, 7) is 4.84. The Morgan fingerprint density at radius 1 is 1.43 bits per heavy atom. The van der Waals surface area contributed by atoms with Gasteiger partial charge in [0.05, 0.1) is 11.8 Å². The summed E-state index contributed by atoms with van der Waals surface area (Å²) >= 11 is 0. The van der Waals surface area contributed by atoms with Crippen molar-refractivity contribution < 1.29 is 9.50 Å². The molecule has 0 saturated carbocycles. The monoisotopic (exact) mass is 295 g/mol. The van der Waals surface area contributed by atoms with Gasteiger partial charge < -0.3 is 20.2 Å². The van der Waals surface area contributed by atoms with E-state index < -0.39 is 0 Å². The molecule has 1 heterocycles. The van der Waals surface area contributed by atoms with Gasteiger partial charge in [-0.05, 0) is 38.7 Å². The average Bonchev–Trinajstić information content (AvgIpc) is 2.76. The minimum Gasteiger partial charge on any atom is -0.391 e. The molecule has 0 aliphatic carbocycles. The van der Waals surface area contributed by atoms with Gasteiger partial charge in [-0.1, -0.05) is 19.1 Å². The van der Waals surface area contributed by atoms with Crippen LogP contribution >= 0.6 is 0 Å². The van der Waals surface area contributed by atoms with E-state index in [9.17, 15) is 9.50 Å². The number of β-amino-alcohol motifs (C(OH)–C–C–N with tert-alkyl or cyclic N) is 1. The van der Waals surface area contributed by atoms with Gasteiger partial charge in [-0.15, -0.1) is 0 Å². The van der Waals surface area contributed by atoms with Crippen LogP contribution in [0.25, 0.3) is 0 Å². The van der Waals surface area contributed by atoms with Crippen molar-refractivity contribution in [3.63, 3.8) is 0 Å².